The largest absolute Gasteiger partial charge is 0.497 e. The van der Waals surface area contributed by atoms with Gasteiger partial charge in [-0.15, -0.1) is 0 Å². The van der Waals surface area contributed by atoms with Crippen molar-refractivity contribution in [2.75, 3.05) is 12.4 Å². The van der Waals surface area contributed by atoms with Crippen LogP contribution in [-0.4, -0.2) is 43.2 Å². The third kappa shape index (κ3) is 5.36. The number of methoxy groups -OCH3 is 1. The van der Waals surface area contributed by atoms with E-state index in [1.54, 1.807) is 30.9 Å². The van der Waals surface area contributed by atoms with Crippen molar-refractivity contribution in [3.8, 4) is 39.5 Å². The van der Waals surface area contributed by atoms with Crippen molar-refractivity contribution in [1.29, 1.82) is 0 Å². The number of carbonyl (C=O) groups is 1. The number of aromatic amines is 2. The van der Waals surface area contributed by atoms with Crippen LogP contribution in [0.25, 0.3) is 55.7 Å². The first-order valence-electron chi connectivity index (χ1n) is 13.1. The summed E-state index contributed by atoms with van der Waals surface area (Å²) in [5.74, 6) is -0.0162. The Morgan fingerprint density at radius 3 is 2.66 bits per heavy atom. The third-order valence-corrected chi connectivity index (χ3v) is 6.66. The number of hydrogen-bond acceptors (Lipinski definition) is 6. The zero-order valence-corrected chi connectivity index (χ0v) is 23.0. The lowest BCUT2D eigenvalue weighted by Crippen LogP contribution is -2.19. The monoisotopic (exact) mass is 549 g/mol. The van der Waals surface area contributed by atoms with Gasteiger partial charge in [-0.3, -0.25) is 19.9 Å². The summed E-state index contributed by atoms with van der Waals surface area (Å²) in [6, 6.07) is 12.2. The van der Waals surface area contributed by atoms with Crippen molar-refractivity contribution in [1.82, 2.24) is 30.1 Å². The topological polar surface area (TPSA) is 121 Å². The highest BCUT2D eigenvalue weighted by Crippen LogP contribution is 2.35. The molecular weight excluding hydrogens is 521 g/mol. The number of amides is 1. The van der Waals surface area contributed by atoms with Crippen LogP contribution in [0.2, 0.25) is 0 Å². The van der Waals surface area contributed by atoms with Crippen LogP contribution in [0.3, 0.4) is 0 Å². The molecule has 5 heterocycles. The second kappa shape index (κ2) is 10.1. The summed E-state index contributed by atoms with van der Waals surface area (Å²) in [7, 11) is 1.51. The van der Waals surface area contributed by atoms with Crippen molar-refractivity contribution >= 4 is 33.5 Å². The fourth-order valence-electron chi connectivity index (χ4n) is 4.86. The fraction of sp³-hybridized carbons (Fsp3) is 0.194. The Morgan fingerprint density at radius 1 is 1.00 bits per heavy atom. The Hall–Kier alpha value is -5.12. The number of H-pyrrole nitrogens is 2. The van der Waals surface area contributed by atoms with E-state index in [4.69, 9.17) is 4.74 Å². The van der Waals surface area contributed by atoms with E-state index < -0.39 is 0 Å². The quantitative estimate of drug-likeness (QED) is 0.211. The number of rotatable bonds is 6. The maximum atomic E-state index is 14.3. The molecule has 10 heteroatoms. The number of ether oxygens (including phenoxy) is 1. The molecule has 0 aliphatic heterocycles. The maximum absolute atomic E-state index is 14.3. The minimum Gasteiger partial charge on any atom is -0.497 e. The molecule has 0 aliphatic rings. The highest BCUT2D eigenvalue weighted by Gasteiger charge is 2.18. The second-order valence-electron chi connectivity index (χ2n) is 11.1. The number of nitrogens with one attached hydrogen (secondary N) is 3. The van der Waals surface area contributed by atoms with Gasteiger partial charge in [0, 0.05) is 41.2 Å². The lowest BCUT2D eigenvalue weighted by Gasteiger charge is -2.17. The van der Waals surface area contributed by atoms with Gasteiger partial charge >= 0.3 is 0 Å². The minimum atomic E-state index is -0.384. The molecule has 0 saturated heterocycles. The van der Waals surface area contributed by atoms with Gasteiger partial charge in [0.1, 0.15) is 22.9 Å². The average molecular weight is 550 g/mol. The van der Waals surface area contributed by atoms with Gasteiger partial charge in [0.05, 0.1) is 42.1 Å². The zero-order valence-electron chi connectivity index (χ0n) is 23.0. The van der Waals surface area contributed by atoms with E-state index in [-0.39, 0.29) is 17.1 Å². The summed E-state index contributed by atoms with van der Waals surface area (Å²) in [5.41, 5.74) is 6.25. The first kappa shape index (κ1) is 26.1. The summed E-state index contributed by atoms with van der Waals surface area (Å²) in [6.45, 7) is 6.06. The smallest absolute Gasteiger partial charge is 0.224 e. The van der Waals surface area contributed by atoms with Gasteiger partial charge in [-0.05, 0) is 52.9 Å². The van der Waals surface area contributed by atoms with Crippen LogP contribution >= 0.6 is 0 Å². The summed E-state index contributed by atoms with van der Waals surface area (Å²) < 4.78 is 19.6. The summed E-state index contributed by atoms with van der Waals surface area (Å²) >= 11 is 0. The Bertz CT molecular complexity index is 1920. The Balaban J connectivity index is 1.37. The van der Waals surface area contributed by atoms with E-state index >= 15 is 0 Å². The molecule has 9 nitrogen and oxygen atoms in total. The van der Waals surface area contributed by atoms with Gasteiger partial charge in [0.25, 0.3) is 0 Å². The normalized spacial score (nSPS) is 11.7. The van der Waals surface area contributed by atoms with E-state index in [0.29, 0.717) is 40.5 Å². The number of hydrogen-bond donors (Lipinski definition) is 3. The predicted molar refractivity (Wildman–Crippen MR) is 157 cm³/mol. The molecule has 206 valence electrons. The van der Waals surface area contributed by atoms with Crippen molar-refractivity contribution < 1.29 is 13.9 Å². The molecule has 1 aromatic carbocycles. The minimum absolute atomic E-state index is 0.0690. The van der Waals surface area contributed by atoms with Gasteiger partial charge in [0.2, 0.25) is 5.91 Å². The van der Waals surface area contributed by atoms with Crippen molar-refractivity contribution in [3.63, 3.8) is 0 Å². The lowest BCUT2D eigenvalue weighted by molar-refractivity contribution is -0.117. The van der Waals surface area contributed by atoms with Crippen LogP contribution in [0, 0.1) is 11.2 Å². The molecule has 5 aromatic heterocycles. The van der Waals surface area contributed by atoms with Crippen LogP contribution in [0.15, 0.2) is 67.3 Å². The predicted octanol–water partition coefficient (Wildman–Crippen LogP) is 6.75. The first-order chi connectivity index (χ1) is 19.7. The molecule has 0 atom stereocenters. The first-order valence-corrected chi connectivity index (χ1v) is 13.1. The fourth-order valence-corrected chi connectivity index (χ4v) is 4.86. The molecule has 0 spiro atoms. The van der Waals surface area contributed by atoms with E-state index in [0.717, 1.165) is 33.1 Å². The molecule has 0 bridgehead atoms. The van der Waals surface area contributed by atoms with E-state index in [1.807, 2.05) is 45.0 Å². The van der Waals surface area contributed by atoms with Crippen LogP contribution in [0.5, 0.6) is 5.75 Å². The number of nitrogens with zero attached hydrogens (tertiary/aromatic N) is 4. The van der Waals surface area contributed by atoms with Crippen molar-refractivity contribution in [2.24, 2.45) is 5.41 Å². The molecule has 3 N–H and O–H groups in total. The van der Waals surface area contributed by atoms with E-state index in [1.165, 1.54) is 19.2 Å². The lowest BCUT2D eigenvalue weighted by atomic mass is 9.92. The Morgan fingerprint density at radius 2 is 1.85 bits per heavy atom. The van der Waals surface area contributed by atoms with Gasteiger partial charge in [-0.1, -0.05) is 20.8 Å². The van der Waals surface area contributed by atoms with Crippen LogP contribution in [0.1, 0.15) is 27.2 Å². The maximum Gasteiger partial charge on any atom is 0.224 e. The summed E-state index contributed by atoms with van der Waals surface area (Å²) in [4.78, 5) is 29.2. The number of carbonyl (C=O) groups excluding carboxylic acids is 1. The molecule has 0 aliphatic carbocycles. The molecule has 1 amide bonds. The molecule has 0 radical (unpaired) electrons. The molecule has 0 saturated carbocycles. The number of aromatic nitrogens is 6. The molecule has 6 aromatic rings. The standard InChI is InChI=1S/C31H28FN7O2/c1-31(2,3)13-28(40)36-20-8-18(14-33-15-20)25-12-24-27(16-35-25)38-39-29(24)26-11-23-22(5-6-34-30(23)37-26)17-7-19(32)10-21(9-17)41-4/h5-12,14-16H,13H2,1-4H3,(H,34,37)(H,36,40)(H,38,39). The van der Waals surface area contributed by atoms with E-state index in [2.05, 4.69) is 35.5 Å². The van der Waals surface area contributed by atoms with Gasteiger partial charge < -0.3 is 15.0 Å². The van der Waals surface area contributed by atoms with Crippen LogP contribution in [0.4, 0.5) is 10.1 Å². The number of halogens is 1. The average Bonchev–Trinajstić information content (AvgIpc) is 3.55. The number of fused-ring (bicyclic) bond motifs is 2. The van der Waals surface area contributed by atoms with Crippen molar-refractivity contribution in [2.45, 2.75) is 27.2 Å². The molecule has 41 heavy (non-hydrogen) atoms. The van der Waals surface area contributed by atoms with Crippen molar-refractivity contribution in [3.05, 3.63) is 73.1 Å². The van der Waals surface area contributed by atoms with Crippen LogP contribution < -0.4 is 10.1 Å². The van der Waals surface area contributed by atoms with Gasteiger partial charge in [0.15, 0.2) is 0 Å². The third-order valence-electron chi connectivity index (χ3n) is 6.66. The molecule has 0 unspecified atom stereocenters. The molecule has 0 fully saturated rings. The zero-order chi connectivity index (χ0) is 28.7. The number of benzene rings is 1. The molecular formula is C31H28FN7O2. The van der Waals surface area contributed by atoms with E-state index in [9.17, 15) is 9.18 Å². The second-order valence-corrected chi connectivity index (χ2v) is 11.1. The van der Waals surface area contributed by atoms with Gasteiger partial charge in [-0.2, -0.15) is 5.10 Å². The van der Waals surface area contributed by atoms with Gasteiger partial charge in [-0.25, -0.2) is 9.37 Å². The van der Waals surface area contributed by atoms with Crippen LogP contribution in [-0.2, 0) is 4.79 Å². The summed E-state index contributed by atoms with van der Waals surface area (Å²) in [5, 5.41) is 12.2. The highest BCUT2D eigenvalue weighted by molar-refractivity contribution is 6.00. The highest BCUT2D eigenvalue weighted by atomic mass is 19.1. The Labute approximate surface area is 235 Å². The Kier molecular flexibility index (Phi) is 6.45. The molecule has 6 rings (SSSR count). The number of pyridine rings is 3. The summed E-state index contributed by atoms with van der Waals surface area (Å²) in [6.07, 6.45) is 7.13. The number of anilines is 1. The SMILES string of the molecule is COc1cc(F)cc(-c2ccnc3[nH]c(-c4n[nH]c5cnc(-c6cncc(NC(=O)CC(C)(C)C)c6)cc45)cc23)c1.